The van der Waals surface area contributed by atoms with E-state index in [0.717, 1.165) is 31.0 Å². The van der Waals surface area contributed by atoms with Gasteiger partial charge in [0.05, 0.1) is 5.92 Å². The number of hydrogen-bond donors (Lipinski definition) is 1. The van der Waals surface area contributed by atoms with Gasteiger partial charge in [0.2, 0.25) is 0 Å². The Labute approximate surface area is 122 Å². The number of carboxylic acids is 1. The molecular weight excluding hydrogens is 270 g/mol. The summed E-state index contributed by atoms with van der Waals surface area (Å²) in [5.74, 6) is 0.791. The van der Waals surface area contributed by atoms with Crippen LogP contribution in [-0.2, 0) is 4.79 Å². The van der Waals surface area contributed by atoms with E-state index in [1.807, 2.05) is 30.9 Å². The molecule has 1 aliphatic rings. The van der Waals surface area contributed by atoms with Crippen molar-refractivity contribution in [3.8, 4) is 0 Å². The standard InChI is InChI=1S/C14H19N5O2/c1-9(2)13-16-15-11-5-6-12(17-19(11)13)18-7-3-4-10(8-18)14(20)21/h5-6,9-10H,3-4,7-8H2,1-2H3,(H,20,21)/t10-/m1/s1. The summed E-state index contributed by atoms with van der Waals surface area (Å²) < 4.78 is 1.75. The molecule has 1 saturated heterocycles. The zero-order valence-corrected chi connectivity index (χ0v) is 12.2. The van der Waals surface area contributed by atoms with Gasteiger partial charge in [-0.05, 0) is 25.0 Å². The van der Waals surface area contributed by atoms with Crippen LogP contribution in [0.4, 0.5) is 5.82 Å². The fourth-order valence-electron chi connectivity index (χ4n) is 2.71. The molecule has 1 fully saturated rings. The second-order valence-corrected chi connectivity index (χ2v) is 5.80. The van der Waals surface area contributed by atoms with Crippen molar-refractivity contribution < 1.29 is 9.90 Å². The molecule has 0 radical (unpaired) electrons. The van der Waals surface area contributed by atoms with E-state index in [1.54, 1.807) is 4.52 Å². The predicted octanol–water partition coefficient (Wildman–Crippen LogP) is 1.55. The van der Waals surface area contributed by atoms with Gasteiger partial charge in [0, 0.05) is 19.0 Å². The van der Waals surface area contributed by atoms with Crippen LogP contribution < -0.4 is 4.90 Å². The number of aromatic nitrogens is 4. The number of hydrogen-bond acceptors (Lipinski definition) is 5. The number of anilines is 1. The van der Waals surface area contributed by atoms with Crippen molar-refractivity contribution in [3.63, 3.8) is 0 Å². The topological polar surface area (TPSA) is 83.6 Å². The van der Waals surface area contributed by atoms with Crippen molar-refractivity contribution in [2.75, 3.05) is 18.0 Å². The summed E-state index contributed by atoms with van der Waals surface area (Å²) in [7, 11) is 0. The average Bonchev–Trinajstić information content (AvgIpc) is 2.90. The van der Waals surface area contributed by atoms with Crippen LogP contribution in [0.15, 0.2) is 12.1 Å². The fourth-order valence-corrected chi connectivity index (χ4v) is 2.71. The summed E-state index contributed by atoms with van der Waals surface area (Å²) in [5.41, 5.74) is 0.717. The molecular formula is C14H19N5O2. The molecule has 2 aromatic heterocycles. The van der Waals surface area contributed by atoms with Crippen LogP contribution in [0.1, 0.15) is 38.4 Å². The van der Waals surface area contributed by atoms with E-state index in [2.05, 4.69) is 15.3 Å². The van der Waals surface area contributed by atoms with Gasteiger partial charge in [-0.2, -0.15) is 4.52 Å². The molecule has 1 atom stereocenters. The van der Waals surface area contributed by atoms with Crippen LogP contribution in [0.2, 0.25) is 0 Å². The molecule has 7 nitrogen and oxygen atoms in total. The highest BCUT2D eigenvalue weighted by Crippen LogP contribution is 2.22. The summed E-state index contributed by atoms with van der Waals surface area (Å²) in [6.45, 7) is 5.44. The second-order valence-electron chi connectivity index (χ2n) is 5.80. The molecule has 1 aliphatic heterocycles. The number of nitrogens with zero attached hydrogens (tertiary/aromatic N) is 5. The lowest BCUT2D eigenvalue weighted by Gasteiger charge is -2.31. The number of carbonyl (C=O) groups is 1. The highest BCUT2D eigenvalue weighted by molar-refractivity contribution is 5.71. The number of rotatable bonds is 3. The Morgan fingerprint density at radius 3 is 2.90 bits per heavy atom. The first-order valence-electron chi connectivity index (χ1n) is 7.26. The van der Waals surface area contributed by atoms with Crippen molar-refractivity contribution in [2.45, 2.75) is 32.6 Å². The maximum atomic E-state index is 11.2. The van der Waals surface area contributed by atoms with Crippen molar-refractivity contribution in [2.24, 2.45) is 5.92 Å². The van der Waals surface area contributed by atoms with E-state index >= 15 is 0 Å². The van der Waals surface area contributed by atoms with Crippen molar-refractivity contribution in [1.29, 1.82) is 0 Å². The van der Waals surface area contributed by atoms with Gasteiger partial charge in [0.15, 0.2) is 11.5 Å². The van der Waals surface area contributed by atoms with Gasteiger partial charge in [-0.1, -0.05) is 13.8 Å². The zero-order valence-electron chi connectivity index (χ0n) is 12.2. The first-order chi connectivity index (χ1) is 10.1. The van der Waals surface area contributed by atoms with Crippen molar-refractivity contribution in [3.05, 3.63) is 18.0 Å². The molecule has 0 unspecified atom stereocenters. The van der Waals surface area contributed by atoms with E-state index < -0.39 is 5.97 Å². The number of fused-ring (bicyclic) bond motifs is 1. The molecule has 0 saturated carbocycles. The lowest BCUT2D eigenvalue weighted by Crippen LogP contribution is -2.39. The van der Waals surface area contributed by atoms with Crippen LogP contribution in [0.3, 0.4) is 0 Å². The lowest BCUT2D eigenvalue weighted by molar-refractivity contribution is -0.141. The van der Waals surface area contributed by atoms with Crippen LogP contribution in [0.5, 0.6) is 0 Å². The lowest BCUT2D eigenvalue weighted by atomic mass is 9.98. The molecule has 0 spiro atoms. The summed E-state index contributed by atoms with van der Waals surface area (Å²) in [5, 5.41) is 22.1. The Kier molecular flexibility index (Phi) is 3.48. The van der Waals surface area contributed by atoms with E-state index in [4.69, 9.17) is 0 Å². The van der Waals surface area contributed by atoms with Gasteiger partial charge in [-0.15, -0.1) is 15.3 Å². The molecule has 0 amide bonds. The van der Waals surface area contributed by atoms with Crippen LogP contribution in [0, 0.1) is 5.92 Å². The number of aliphatic carboxylic acids is 1. The van der Waals surface area contributed by atoms with Gasteiger partial charge >= 0.3 is 5.97 Å². The van der Waals surface area contributed by atoms with Crippen molar-refractivity contribution in [1.82, 2.24) is 19.8 Å². The summed E-state index contributed by atoms with van der Waals surface area (Å²) in [4.78, 5) is 13.2. The Hall–Kier alpha value is -2.18. The maximum Gasteiger partial charge on any atom is 0.308 e. The van der Waals surface area contributed by atoms with Gasteiger partial charge < -0.3 is 10.0 Å². The van der Waals surface area contributed by atoms with Gasteiger partial charge in [-0.25, -0.2) is 0 Å². The Bertz CT molecular complexity index is 666. The van der Waals surface area contributed by atoms with Gasteiger partial charge in [0.1, 0.15) is 5.82 Å². The highest BCUT2D eigenvalue weighted by Gasteiger charge is 2.26. The molecule has 3 heterocycles. The van der Waals surface area contributed by atoms with Crippen LogP contribution in [-0.4, -0.2) is 44.0 Å². The van der Waals surface area contributed by atoms with E-state index in [0.29, 0.717) is 12.2 Å². The molecule has 0 bridgehead atoms. The molecule has 2 aromatic rings. The predicted molar refractivity (Wildman–Crippen MR) is 77.4 cm³/mol. The summed E-state index contributed by atoms with van der Waals surface area (Å²) >= 11 is 0. The zero-order chi connectivity index (χ0) is 15.0. The maximum absolute atomic E-state index is 11.2. The molecule has 0 aromatic carbocycles. The van der Waals surface area contributed by atoms with Gasteiger partial charge in [-0.3, -0.25) is 4.79 Å². The summed E-state index contributed by atoms with van der Waals surface area (Å²) in [6.07, 6.45) is 1.61. The van der Waals surface area contributed by atoms with Crippen molar-refractivity contribution >= 4 is 17.4 Å². The molecule has 21 heavy (non-hydrogen) atoms. The van der Waals surface area contributed by atoms with Crippen LogP contribution >= 0.6 is 0 Å². The Morgan fingerprint density at radius 2 is 2.19 bits per heavy atom. The van der Waals surface area contributed by atoms with Crippen LogP contribution in [0.25, 0.3) is 5.65 Å². The number of carboxylic acid groups (broad SMARTS) is 1. The molecule has 112 valence electrons. The average molecular weight is 289 g/mol. The highest BCUT2D eigenvalue weighted by atomic mass is 16.4. The summed E-state index contributed by atoms with van der Waals surface area (Å²) in [6, 6.07) is 3.77. The largest absolute Gasteiger partial charge is 0.481 e. The minimum absolute atomic E-state index is 0.232. The fraction of sp³-hybridized carbons (Fsp3) is 0.571. The number of piperidine rings is 1. The molecule has 7 heteroatoms. The minimum atomic E-state index is -0.729. The first kappa shape index (κ1) is 13.8. The Morgan fingerprint density at radius 1 is 1.38 bits per heavy atom. The third kappa shape index (κ3) is 2.55. The van der Waals surface area contributed by atoms with Gasteiger partial charge in [0.25, 0.3) is 0 Å². The molecule has 1 N–H and O–H groups in total. The molecule has 0 aliphatic carbocycles. The minimum Gasteiger partial charge on any atom is -0.481 e. The third-order valence-corrected chi connectivity index (χ3v) is 3.88. The normalized spacial score (nSPS) is 19.4. The second kappa shape index (κ2) is 5.31. The molecule has 3 rings (SSSR count). The first-order valence-corrected chi connectivity index (χ1v) is 7.26. The third-order valence-electron chi connectivity index (χ3n) is 3.88. The smallest absolute Gasteiger partial charge is 0.308 e. The van der Waals surface area contributed by atoms with E-state index in [1.165, 1.54) is 0 Å². The monoisotopic (exact) mass is 289 g/mol. The SMILES string of the molecule is CC(C)c1nnc2ccc(N3CCC[C@@H](C(=O)O)C3)nn12. The Balaban J connectivity index is 1.93. The van der Waals surface area contributed by atoms with E-state index in [9.17, 15) is 9.90 Å². The quantitative estimate of drug-likeness (QED) is 0.923. The van der Waals surface area contributed by atoms with E-state index in [-0.39, 0.29) is 11.8 Å².